The minimum absolute atomic E-state index is 0.0301. The van der Waals surface area contributed by atoms with Crippen molar-refractivity contribution in [2.45, 2.75) is 11.3 Å². The van der Waals surface area contributed by atoms with E-state index in [1.54, 1.807) is 48.7 Å². The minimum atomic E-state index is -3.76. The first-order valence-electron chi connectivity index (χ1n) is 11.6. The van der Waals surface area contributed by atoms with E-state index in [1.165, 1.54) is 11.1 Å². The highest BCUT2D eigenvalue weighted by atomic mass is 79.9. The number of halogens is 1. The zero-order valence-electron chi connectivity index (χ0n) is 19.8. The van der Waals surface area contributed by atoms with Gasteiger partial charge in [0, 0.05) is 54.0 Å². The third kappa shape index (κ3) is 6.79. The molecule has 190 valence electrons. The Balaban J connectivity index is 1.33. The molecule has 0 aliphatic carbocycles. The maximum atomic E-state index is 13.2. The fraction of sp³-hybridized carbons (Fsp3) is 0.148. The number of sulfonamides is 1. The van der Waals surface area contributed by atoms with Crippen LogP contribution in [-0.4, -0.2) is 44.9 Å². The number of anilines is 1. The van der Waals surface area contributed by atoms with Crippen molar-refractivity contribution in [3.05, 3.63) is 101 Å². The van der Waals surface area contributed by atoms with Crippen LogP contribution < -0.4 is 14.9 Å². The average molecular weight is 581 g/mol. The van der Waals surface area contributed by atoms with E-state index in [9.17, 15) is 18.0 Å². The summed E-state index contributed by atoms with van der Waals surface area (Å²) in [6.45, 7) is 0.281. The van der Waals surface area contributed by atoms with Crippen molar-refractivity contribution >= 4 is 54.2 Å². The predicted molar refractivity (Wildman–Crippen MR) is 147 cm³/mol. The number of hydrogen-bond acceptors (Lipinski definition) is 5. The smallest absolute Gasteiger partial charge is 0.259 e. The van der Waals surface area contributed by atoms with Crippen LogP contribution in [0, 0.1) is 0 Å². The fourth-order valence-corrected chi connectivity index (χ4v) is 5.46. The largest absolute Gasteiger partial charge is 0.355 e. The van der Waals surface area contributed by atoms with Crippen molar-refractivity contribution in [2.75, 3.05) is 24.5 Å². The fourth-order valence-electron chi connectivity index (χ4n) is 3.84. The first-order valence-corrected chi connectivity index (χ1v) is 13.8. The van der Waals surface area contributed by atoms with Gasteiger partial charge in [0.1, 0.15) is 0 Å². The zero-order valence-corrected chi connectivity index (χ0v) is 22.2. The molecule has 4 aromatic rings. The molecule has 2 N–H and O–H groups in total. The van der Waals surface area contributed by atoms with Crippen molar-refractivity contribution in [3.63, 3.8) is 0 Å². The van der Waals surface area contributed by atoms with Gasteiger partial charge in [0.2, 0.25) is 15.9 Å². The molecule has 0 radical (unpaired) electrons. The number of fused-ring (bicyclic) bond motifs is 1. The Morgan fingerprint density at radius 1 is 0.892 bits per heavy atom. The lowest BCUT2D eigenvalue weighted by Crippen LogP contribution is -2.38. The van der Waals surface area contributed by atoms with E-state index < -0.39 is 10.0 Å². The van der Waals surface area contributed by atoms with E-state index in [-0.39, 0.29) is 42.8 Å². The summed E-state index contributed by atoms with van der Waals surface area (Å²) >= 11 is 3.33. The molecule has 0 saturated heterocycles. The Labute approximate surface area is 223 Å². The number of benzene rings is 3. The average Bonchev–Trinajstić information content (AvgIpc) is 2.91. The third-order valence-electron chi connectivity index (χ3n) is 5.61. The first-order chi connectivity index (χ1) is 17.8. The summed E-state index contributed by atoms with van der Waals surface area (Å²) in [5.41, 5.74) is 1.05. The molecule has 1 heterocycles. The quantitative estimate of drug-likeness (QED) is 0.274. The van der Waals surface area contributed by atoms with E-state index in [0.717, 1.165) is 5.39 Å². The normalized spacial score (nSPS) is 11.3. The van der Waals surface area contributed by atoms with Crippen LogP contribution >= 0.6 is 15.9 Å². The Kier molecular flexibility index (Phi) is 8.65. The van der Waals surface area contributed by atoms with Crippen molar-refractivity contribution in [1.29, 1.82) is 0 Å². The molecule has 0 spiro atoms. The van der Waals surface area contributed by atoms with E-state index in [1.807, 2.05) is 36.4 Å². The topological polar surface area (TPSA) is 108 Å². The van der Waals surface area contributed by atoms with E-state index in [4.69, 9.17) is 0 Å². The lowest BCUT2D eigenvalue weighted by molar-refractivity contribution is -0.120. The van der Waals surface area contributed by atoms with Gasteiger partial charge in [0.25, 0.3) is 5.91 Å². The Bertz CT molecular complexity index is 1510. The van der Waals surface area contributed by atoms with Crippen LogP contribution in [0.2, 0.25) is 0 Å². The number of rotatable bonds is 10. The summed E-state index contributed by atoms with van der Waals surface area (Å²) in [6.07, 6.45) is 3.11. The molecule has 4 rings (SSSR count). The molecule has 3 aromatic carbocycles. The van der Waals surface area contributed by atoms with Gasteiger partial charge < -0.3 is 10.2 Å². The van der Waals surface area contributed by atoms with Crippen LogP contribution in [0.25, 0.3) is 10.8 Å². The van der Waals surface area contributed by atoms with Gasteiger partial charge in [-0.1, -0.05) is 54.6 Å². The van der Waals surface area contributed by atoms with Crippen LogP contribution in [0.4, 0.5) is 5.69 Å². The molecular weight excluding hydrogens is 556 g/mol. The molecule has 0 unspecified atom stereocenters. The third-order valence-corrected chi connectivity index (χ3v) is 7.56. The Morgan fingerprint density at radius 2 is 1.62 bits per heavy atom. The van der Waals surface area contributed by atoms with Gasteiger partial charge in [-0.05, 0) is 45.6 Å². The van der Waals surface area contributed by atoms with Crippen LogP contribution in [0.1, 0.15) is 16.8 Å². The number of aromatic nitrogens is 1. The van der Waals surface area contributed by atoms with Crippen LogP contribution in [0.5, 0.6) is 0 Å². The lowest BCUT2D eigenvalue weighted by Gasteiger charge is -2.23. The highest BCUT2D eigenvalue weighted by Crippen LogP contribution is 2.22. The number of hydrogen-bond donors (Lipinski definition) is 2. The van der Waals surface area contributed by atoms with Crippen LogP contribution in [0.15, 0.2) is 101 Å². The molecule has 2 amide bonds. The maximum absolute atomic E-state index is 13.2. The molecule has 0 aliphatic rings. The lowest BCUT2D eigenvalue weighted by atomic mass is 10.1. The number of amides is 2. The second kappa shape index (κ2) is 12.1. The summed E-state index contributed by atoms with van der Waals surface area (Å²) in [6, 6.07) is 23.1. The van der Waals surface area contributed by atoms with Gasteiger partial charge >= 0.3 is 0 Å². The van der Waals surface area contributed by atoms with E-state index in [2.05, 4.69) is 31.0 Å². The first kappa shape index (κ1) is 26.5. The molecule has 0 bridgehead atoms. The molecule has 37 heavy (non-hydrogen) atoms. The number of para-hydroxylation sites is 1. The van der Waals surface area contributed by atoms with Gasteiger partial charge in [-0.2, -0.15) is 0 Å². The molecule has 10 heteroatoms. The molecule has 1 aromatic heterocycles. The molecular formula is C27H25BrN4O4S. The monoisotopic (exact) mass is 580 g/mol. The molecule has 8 nitrogen and oxygen atoms in total. The summed E-state index contributed by atoms with van der Waals surface area (Å²) in [5.74, 6) is -0.582. The number of carbonyl (C=O) groups is 2. The SMILES string of the molecule is O=C(CCN(C(=O)c1cncc(Br)c1)c1ccccc1)NCCNS(=O)(=O)c1cccc2ccccc12. The van der Waals surface area contributed by atoms with Gasteiger partial charge in [-0.3, -0.25) is 14.6 Å². The van der Waals surface area contributed by atoms with Crippen molar-refractivity contribution in [1.82, 2.24) is 15.0 Å². The van der Waals surface area contributed by atoms with Gasteiger partial charge in [0.15, 0.2) is 0 Å². The van der Waals surface area contributed by atoms with E-state index >= 15 is 0 Å². The van der Waals surface area contributed by atoms with Crippen LogP contribution in [-0.2, 0) is 14.8 Å². The van der Waals surface area contributed by atoms with Gasteiger partial charge in [-0.15, -0.1) is 0 Å². The highest BCUT2D eigenvalue weighted by Gasteiger charge is 2.20. The Morgan fingerprint density at radius 3 is 2.41 bits per heavy atom. The number of carbonyl (C=O) groups excluding carboxylic acids is 2. The summed E-state index contributed by atoms with van der Waals surface area (Å²) in [5, 5.41) is 4.18. The molecule has 0 saturated carbocycles. The summed E-state index contributed by atoms with van der Waals surface area (Å²) in [4.78, 5) is 31.4. The van der Waals surface area contributed by atoms with E-state index in [0.29, 0.717) is 21.1 Å². The zero-order chi connectivity index (χ0) is 26.3. The number of pyridine rings is 1. The number of nitrogens with one attached hydrogen (secondary N) is 2. The van der Waals surface area contributed by atoms with Gasteiger partial charge in [-0.25, -0.2) is 13.1 Å². The predicted octanol–water partition coefficient (Wildman–Crippen LogP) is 4.13. The summed E-state index contributed by atoms with van der Waals surface area (Å²) in [7, 11) is -3.76. The molecule has 0 aliphatic heterocycles. The molecule has 0 atom stereocenters. The highest BCUT2D eigenvalue weighted by molar-refractivity contribution is 9.10. The second-order valence-corrected chi connectivity index (χ2v) is 10.8. The van der Waals surface area contributed by atoms with Crippen molar-refractivity contribution in [2.24, 2.45) is 0 Å². The maximum Gasteiger partial charge on any atom is 0.259 e. The standard InChI is InChI=1S/C27H25BrN4O4S/c28-22-17-21(18-29-19-22)27(34)32(23-9-2-1-3-10-23)16-13-26(33)30-14-15-31-37(35,36)25-12-6-8-20-7-4-5-11-24(20)25/h1-12,17-19,31H,13-16H2,(H,30,33). The minimum Gasteiger partial charge on any atom is -0.355 e. The molecule has 0 fully saturated rings. The van der Waals surface area contributed by atoms with Gasteiger partial charge in [0.05, 0.1) is 10.5 Å². The van der Waals surface area contributed by atoms with Crippen molar-refractivity contribution in [3.8, 4) is 0 Å². The van der Waals surface area contributed by atoms with Crippen molar-refractivity contribution < 1.29 is 18.0 Å². The number of nitrogens with zero attached hydrogens (tertiary/aromatic N) is 2. The summed E-state index contributed by atoms with van der Waals surface area (Å²) < 4.78 is 28.9. The second-order valence-electron chi connectivity index (χ2n) is 8.16. The van der Waals surface area contributed by atoms with Crippen LogP contribution in [0.3, 0.4) is 0 Å². The Hall–Kier alpha value is -3.60.